The van der Waals surface area contributed by atoms with Gasteiger partial charge in [0, 0.05) is 43.3 Å². The molecule has 272 valence electrons. The molecule has 2 amide bonds. The molecule has 14 heteroatoms. The molecular weight excluding hydrogens is 703 g/mol. The molecule has 2 saturated heterocycles. The molecule has 11 nitrogen and oxygen atoms in total. The van der Waals surface area contributed by atoms with Crippen LogP contribution >= 0.6 is 24.8 Å². The molecule has 50 heavy (non-hydrogen) atoms. The van der Waals surface area contributed by atoms with E-state index in [1.807, 2.05) is 26.0 Å². The Bertz CT molecular complexity index is 1780. The zero-order valence-corrected chi connectivity index (χ0v) is 31.5. The van der Waals surface area contributed by atoms with Gasteiger partial charge >= 0.3 is 6.09 Å². The molecule has 0 bridgehead atoms. The van der Waals surface area contributed by atoms with E-state index in [0.717, 1.165) is 35.8 Å². The largest absolute Gasteiger partial charge is 0.497 e. The van der Waals surface area contributed by atoms with Gasteiger partial charge in [-0.25, -0.2) is 13.2 Å². The lowest BCUT2D eigenvalue weighted by atomic mass is 9.81. The van der Waals surface area contributed by atoms with E-state index in [1.165, 1.54) is 44.6 Å². The van der Waals surface area contributed by atoms with Gasteiger partial charge < -0.3 is 24.0 Å². The van der Waals surface area contributed by atoms with Crippen LogP contribution in [0, 0.1) is 0 Å². The third kappa shape index (κ3) is 7.01. The van der Waals surface area contributed by atoms with Crippen molar-refractivity contribution in [3.05, 3.63) is 83.4 Å². The highest BCUT2D eigenvalue weighted by atomic mass is 35.5. The minimum atomic E-state index is -4.47. The number of carbonyl (C=O) groups is 2. The van der Waals surface area contributed by atoms with Gasteiger partial charge in [0.05, 0.1) is 24.8 Å². The summed E-state index contributed by atoms with van der Waals surface area (Å²) in [5.74, 6) is -0.117. The van der Waals surface area contributed by atoms with E-state index in [0.29, 0.717) is 49.3 Å². The summed E-state index contributed by atoms with van der Waals surface area (Å²) in [6.45, 7) is 8.30. The third-order valence-corrected chi connectivity index (χ3v) is 11.6. The molecule has 6 rings (SSSR count). The molecule has 0 N–H and O–H groups in total. The van der Waals surface area contributed by atoms with Gasteiger partial charge in [-0.15, -0.1) is 24.8 Å². The number of sulfonamides is 1. The molecule has 0 saturated carbocycles. The van der Waals surface area contributed by atoms with Crippen molar-refractivity contribution in [2.24, 2.45) is 0 Å². The minimum Gasteiger partial charge on any atom is -0.497 e. The lowest BCUT2D eigenvalue weighted by Gasteiger charge is -2.42. The number of methoxy groups -OCH3 is 2. The summed E-state index contributed by atoms with van der Waals surface area (Å²) >= 11 is 0. The van der Waals surface area contributed by atoms with Crippen molar-refractivity contribution in [2.45, 2.75) is 49.1 Å². The Kier molecular flexibility index (Phi) is 12.4. The Labute approximate surface area is 307 Å². The summed E-state index contributed by atoms with van der Waals surface area (Å²) in [4.78, 5) is 35.6. The van der Waals surface area contributed by atoms with Crippen LogP contribution in [-0.4, -0.2) is 102 Å². The van der Waals surface area contributed by atoms with E-state index < -0.39 is 27.6 Å². The number of amides is 2. The quantitative estimate of drug-likeness (QED) is 0.295. The Morgan fingerprint density at radius 2 is 1.42 bits per heavy atom. The maximum Gasteiger partial charge on any atom is 0.411 e. The molecule has 3 aliphatic heterocycles. The fourth-order valence-corrected chi connectivity index (χ4v) is 8.58. The number of hydrogen-bond acceptors (Lipinski definition) is 9. The van der Waals surface area contributed by atoms with Gasteiger partial charge in [-0.05, 0) is 86.9 Å². The molecule has 0 aromatic heterocycles. The van der Waals surface area contributed by atoms with Crippen LogP contribution in [0.2, 0.25) is 0 Å². The molecule has 1 unspecified atom stereocenters. The number of halogens is 2. The Hall–Kier alpha value is -3.55. The number of hydrogen-bond donors (Lipinski definition) is 0. The summed E-state index contributed by atoms with van der Waals surface area (Å²) < 4.78 is 46.8. The monoisotopic (exact) mass is 748 g/mol. The summed E-state index contributed by atoms with van der Waals surface area (Å²) in [6.07, 6.45) is 1.49. The molecule has 3 aromatic rings. The van der Waals surface area contributed by atoms with Crippen molar-refractivity contribution < 1.29 is 32.2 Å². The second kappa shape index (κ2) is 15.8. The van der Waals surface area contributed by atoms with Gasteiger partial charge in [-0.1, -0.05) is 38.1 Å². The van der Waals surface area contributed by atoms with Crippen molar-refractivity contribution in [3.63, 3.8) is 0 Å². The first-order chi connectivity index (χ1) is 23.0. The molecule has 0 spiro atoms. The number of carbonyl (C=O) groups excluding carboxylic acids is 2. The number of piperidine rings is 1. The Morgan fingerprint density at radius 1 is 0.820 bits per heavy atom. The first-order valence-corrected chi connectivity index (χ1v) is 17.9. The second-order valence-corrected chi connectivity index (χ2v) is 14.8. The van der Waals surface area contributed by atoms with E-state index in [1.54, 1.807) is 29.2 Å². The van der Waals surface area contributed by atoms with Gasteiger partial charge in [0.25, 0.3) is 15.9 Å². The maximum atomic E-state index is 15.1. The number of likely N-dealkylation sites (tertiary alicyclic amines) is 1. The summed E-state index contributed by atoms with van der Waals surface area (Å²) in [5, 5.41) is 0. The van der Waals surface area contributed by atoms with Crippen molar-refractivity contribution in [2.75, 3.05) is 64.8 Å². The molecule has 0 radical (unpaired) electrons. The van der Waals surface area contributed by atoms with Crippen molar-refractivity contribution in [1.82, 2.24) is 14.7 Å². The topological polar surface area (TPSA) is 109 Å². The standard InChI is InChI=1S/C36H44N4O7S.2ClH/c1-25(2)30-8-6-7-9-31(30)36(47-35(42)39-22-20-38(21-23-39)26-16-18-37(3)19-17-26)32-24-28(46-5)12-15-33(32)40(34(36)41)48(43,44)29-13-10-27(45-4)11-14-29;;/h6-15,24-26H,16-23H2,1-5H3;2*1H. The summed E-state index contributed by atoms with van der Waals surface area (Å²) in [6, 6.07) is 18.3. The number of fused-ring (bicyclic) bond motifs is 1. The first-order valence-electron chi connectivity index (χ1n) is 16.4. The number of ether oxygens (including phenoxy) is 3. The number of piperazine rings is 1. The highest BCUT2D eigenvalue weighted by molar-refractivity contribution is 7.93. The number of anilines is 1. The molecular formula is C36H46Cl2N4O7S. The van der Waals surface area contributed by atoms with Gasteiger partial charge in [-0.2, -0.15) is 4.31 Å². The highest BCUT2D eigenvalue weighted by Gasteiger charge is 2.60. The van der Waals surface area contributed by atoms with E-state index in [2.05, 4.69) is 16.8 Å². The van der Waals surface area contributed by atoms with E-state index in [4.69, 9.17) is 14.2 Å². The predicted octanol–water partition coefficient (Wildman–Crippen LogP) is 5.50. The molecule has 3 aliphatic rings. The van der Waals surface area contributed by atoms with Crippen LogP contribution in [-0.2, 0) is 25.2 Å². The number of benzene rings is 3. The van der Waals surface area contributed by atoms with Crippen LogP contribution in [0.5, 0.6) is 11.5 Å². The molecule has 3 heterocycles. The average Bonchev–Trinajstić information content (AvgIpc) is 3.36. The molecule has 3 aromatic carbocycles. The first kappa shape index (κ1) is 39.2. The normalized spacial score (nSPS) is 20.2. The number of nitrogens with zero attached hydrogens (tertiary/aromatic N) is 4. The van der Waals surface area contributed by atoms with Crippen LogP contribution in [0.25, 0.3) is 0 Å². The summed E-state index contributed by atoms with van der Waals surface area (Å²) in [7, 11) is 0.645. The van der Waals surface area contributed by atoms with Crippen LogP contribution in [0.4, 0.5) is 10.5 Å². The Morgan fingerprint density at radius 3 is 2.02 bits per heavy atom. The van der Waals surface area contributed by atoms with Crippen molar-refractivity contribution >= 4 is 52.5 Å². The minimum absolute atomic E-state index is 0. The predicted molar refractivity (Wildman–Crippen MR) is 197 cm³/mol. The highest BCUT2D eigenvalue weighted by Crippen LogP contribution is 2.52. The van der Waals surface area contributed by atoms with Crippen LogP contribution in [0.3, 0.4) is 0 Å². The van der Waals surface area contributed by atoms with E-state index in [9.17, 15) is 13.2 Å². The van der Waals surface area contributed by atoms with Crippen LogP contribution < -0.4 is 13.8 Å². The van der Waals surface area contributed by atoms with Crippen LogP contribution in [0.1, 0.15) is 49.3 Å². The van der Waals surface area contributed by atoms with Crippen molar-refractivity contribution in [1.29, 1.82) is 0 Å². The third-order valence-electron chi connectivity index (χ3n) is 9.86. The zero-order valence-electron chi connectivity index (χ0n) is 29.0. The van der Waals surface area contributed by atoms with Gasteiger partial charge in [0.2, 0.25) is 5.60 Å². The van der Waals surface area contributed by atoms with Gasteiger partial charge in [0.15, 0.2) is 0 Å². The fraction of sp³-hybridized carbons (Fsp3) is 0.444. The average molecular weight is 750 g/mol. The second-order valence-electron chi connectivity index (χ2n) is 13.0. The fourth-order valence-electron chi connectivity index (χ4n) is 7.12. The lowest BCUT2D eigenvalue weighted by molar-refractivity contribution is -0.132. The summed E-state index contributed by atoms with van der Waals surface area (Å²) in [5.41, 5.74) is -0.634. The van der Waals surface area contributed by atoms with Gasteiger partial charge in [-0.3, -0.25) is 9.69 Å². The molecule has 0 aliphatic carbocycles. The molecule has 2 fully saturated rings. The van der Waals surface area contributed by atoms with Crippen molar-refractivity contribution in [3.8, 4) is 11.5 Å². The van der Waals surface area contributed by atoms with E-state index >= 15 is 4.79 Å². The smallest absolute Gasteiger partial charge is 0.411 e. The zero-order chi connectivity index (χ0) is 34.2. The lowest BCUT2D eigenvalue weighted by Crippen LogP contribution is -2.55. The molecule has 1 atom stereocenters. The SMILES string of the molecule is COc1ccc(S(=O)(=O)N2C(=O)C(OC(=O)N3CCN(C4CCN(C)CC4)CC3)(c3ccccc3C(C)C)c3cc(OC)ccc32)cc1.Cl.Cl. The van der Waals surface area contributed by atoms with E-state index in [-0.39, 0.29) is 46.9 Å². The maximum absolute atomic E-state index is 15.1. The number of rotatable bonds is 8. The van der Waals surface area contributed by atoms with Crippen LogP contribution in [0.15, 0.2) is 71.6 Å². The van der Waals surface area contributed by atoms with Gasteiger partial charge in [0.1, 0.15) is 11.5 Å². The Balaban J connectivity index is 0.00000281.